The van der Waals surface area contributed by atoms with E-state index in [0.29, 0.717) is 11.3 Å². The molecule has 0 bridgehead atoms. The molecule has 3 aromatic carbocycles. The van der Waals surface area contributed by atoms with Crippen molar-refractivity contribution >= 4 is 21.4 Å². The molecule has 0 N–H and O–H groups in total. The van der Waals surface area contributed by atoms with Crippen LogP contribution in [-0.4, -0.2) is 20.1 Å². The zero-order valence-electron chi connectivity index (χ0n) is 13.9. The second kappa shape index (κ2) is 6.42. The van der Waals surface area contributed by atoms with Crippen molar-refractivity contribution in [2.45, 2.75) is 5.37 Å². The molecule has 4 rings (SSSR count). The van der Waals surface area contributed by atoms with Gasteiger partial charge >= 0.3 is 0 Å². The molecule has 1 saturated heterocycles. The molecule has 0 aliphatic carbocycles. The quantitative estimate of drug-likeness (QED) is 0.711. The van der Waals surface area contributed by atoms with Crippen molar-refractivity contribution < 1.29 is 13.2 Å². The van der Waals surface area contributed by atoms with E-state index in [1.165, 1.54) is 4.90 Å². The van der Waals surface area contributed by atoms with Gasteiger partial charge in [0.25, 0.3) is 0 Å². The first-order valence-electron chi connectivity index (χ1n) is 8.30. The monoisotopic (exact) mass is 363 g/mol. The minimum atomic E-state index is -3.57. The second-order valence-electron chi connectivity index (χ2n) is 6.25. The Kier molecular flexibility index (Phi) is 4.09. The highest BCUT2D eigenvalue weighted by atomic mass is 32.2. The lowest BCUT2D eigenvalue weighted by Gasteiger charge is -2.24. The standard InChI is InChI=1S/C21H17NO3S/c23-20-15-26(24,25)21(18-9-5-2-6-10-18)22(20)19-13-11-17(12-14-19)16-7-3-1-4-8-16/h1-14,21H,15H2. The lowest BCUT2D eigenvalue weighted by molar-refractivity contribution is -0.115. The van der Waals surface area contributed by atoms with E-state index in [2.05, 4.69) is 0 Å². The Morgan fingerprint density at radius 1 is 0.731 bits per heavy atom. The summed E-state index contributed by atoms with van der Waals surface area (Å²) in [5.74, 6) is -0.862. The molecule has 130 valence electrons. The Morgan fingerprint density at radius 3 is 1.88 bits per heavy atom. The molecule has 1 unspecified atom stereocenters. The van der Waals surface area contributed by atoms with Crippen LogP contribution in [0.4, 0.5) is 5.69 Å². The van der Waals surface area contributed by atoms with E-state index < -0.39 is 26.9 Å². The van der Waals surface area contributed by atoms with Gasteiger partial charge in [0.2, 0.25) is 5.91 Å². The van der Waals surface area contributed by atoms with Crippen LogP contribution >= 0.6 is 0 Å². The molecule has 1 aliphatic rings. The van der Waals surface area contributed by atoms with Gasteiger partial charge in [0.05, 0.1) is 0 Å². The first kappa shape index (κ1) is 16.5. The minimum absolute atomic E-state index is 0.397. The first-order valence-corrected chi connectivity index (χ1v) is 10.0. The fourth-order valence-corrected chi connectivity index (χ4v) is 5.08. The maximum Gasteiger partial charge on any atom is 0.243 e. The topological polar surface area (TPSA) is 54.5 Å². The van der Waals surface area contributed by atoms with Gasteiger partial charge in [-0.3, -0.25) is 9.69 Å². The number of carbonyl (C=O) groups is 1. The van der Waals surface area contributed by atoms with Crippen LogP contribution in [-0.2, 0) is 14.6 Å². The summed E-state index contributed by atoms with van der Waals surface area (Å²) in [4.78, 5) is 13.9. The summed E-state index contributed by atoms with van der Waals surface area (Å²) in [5, 5.41) is -0.973. The summed E-state index contributed by atoms with van der Waals surface area (Å²) in [6.45, 7) is 0. The molecule has 26 heavy (non-hydrogen) atoms. The van der Waals surface area contributed by atoms with Crippen LogP contribution in [0.5, 0.6) is 0 Å². The number of sulfone groups is 1. The zero-order chi connectivity index (χ0) is 18.1. The molecule has 5 heteroatoms. The highest BCUT2D eigenvalue weighted by molar-refractivity contribution is 7.93. The summed E-state index contributed by atoms with van der Waals surface area (Å²) in [6, 6.07) is 26.2. The number of anilines is 1. The maximum absolute atomic E-state index is 12.6. The van der Waals surface area contributed by atoms with Gasteiger partial charge in [-0.2, -0.15) is 0 Å². The highest BCUT2D eigenvalue weighted by Crippen LogP contribution is 2.38. The lowest BCUT2D eigenvalue weighted by atomic mass is 10.1. The van der Waals surface area contributed by atoms with Gasteiger partial charge in [-0.15, -0.1) is 0 Å². The number of rotatable bonds is 3. The number of hydrogen-bond donors (Lipinski definition) is 0. The molecule has 1 aliphatic heterocycles. The van der Waals surface area contributed by atoms with Crippen molar-refractivity contribution in [3.63, 3.8) is 0 Å². The SMILES string of the molecule is O=C1CS(=O)(=O)C(c2ccccc2)N1c1ccc(-c2ccccc2)cc1. The third-order valence-corrected chi connectivity index (χ3v) is 6.32. The molecule has 0 radical (unpaired) electrons. The van der Waals surface area contributed by atoms with Gasteiger partial charge < -0.3 is 0 Å². The van der Waals surface area contributed by atoms with Crippen LogP contribution in [0.1, 0.15) is 10.9 Å². The van der Waals surface area contributed by atoms with E-state index in [-0.39, 0.29) is 0 Å². The van der Waals surface area contributed by atoms with E-state index in [1.807, 2.05) is 48.5 Å². The average Bonchev–Trinajstić information content (AvgIpc) is 2.91. The van der Waals surface area contributed by atoms with Crippen molar-refractivity contribution in [1.29, 1.82) is 0 Å². The van der Waals surface area contributed by atoms with Crippen LogP contribution < -0.4 is 4.90 Å². The first-order chi connectivity index (χ1) is 12.6. The summed E-state index contributed by atoms with van der Waals surface area (Å²) in [6.07, 6.45) is 0. The van der Waals surface area contributed by atoms with Crippen LogP contribution in [0.25, 0.3) is 11.1 Å². The number of hydrogen-bond acceptors (Lipinski definition) is 3. The summed E-state index contributed by atoms with van der Waals surface area (Å²) >= 11 is 0. The number of amides is 1. The van der Waals surface area contributed by atoms with E-state index in [4.69, 9.17) is 0 Å². The Morgan fingerprint density at radius 2 is 1.27 bits per heavy atom. The van der Waals surface area contributed by atoms with E-state index in [9.17, 15) is 13.2 Å². The molecule has 3 aromatic rings. The Labute approximate surface area is 152 Å². The molecule has 1 amide bonds. The number of carbonyl (C=O) groups excluding carboxylic acids is 1. The summed E-state index contributed by atoms with van der Waals surface area (Å²) in [5.41, 5.74) is 3.27. The molecule has 1 atom stereocenters. The van der Waals surface area contributed by atoms with Crippen LogP contribution in [0.2, 0.25) is 0 Å². The van der Waals surface area contributed by atoms with Crippen molar-refractivity contribution in [2.24, 2.45) is 0 Å². The Bertz CT molecular complexity index is 1030. The van der Waals surface area contributed by atoms with Gasteiger partial charge in [0.1, 0.15) is 5.75 Å². The molecule has 4 nitrogen and oxygen atoms in total. The predicted octanol–water partition coefficient (Wildman–Crippen LogP) is 3.81. The molecule has 0 spiro atoms. The lowest BCUT2D eigenvalue weighted by Crippen LogP contribution is -2.29. The smallest absolute Gasteiger partial charge is 0.243 e. The maximum atomic E-state index is 12.6. The molecule has 0 saturated carbocycles. The molecular weight excluding hydrogens is 346 g/mol. The van der Waals surface area contributed by atoms with E-state index in [0.717, 1.165) is 11.1 Å². The van der Waals surface area contributed by atoms with Gasteiger partial charge in [-0.05, 0) is 28.8 Å². The molecule has 1 fully saturated rings. The normalized spacial score (nSPS) is 18.8. The van der Waals surface area contributed by atoms with E-state index >= 15 is 0 Å². The van der Waals surface area contributed by atoms with Crippen LogP contribution in [0.3, 0.4) is 0 Å². The summed E-state index contributed by atoms with van der Waals surface area (Å²) in [7, 11) is -3.57. The van der Waals surface area contributed by atoms with Crippen LogP contribution in [0, 0.1) is 0 Å². The predicted molar refractivity (Wildman–Crippen MR) is 102 cm³/mol. The number of nitrogens with zero attached hydrogens (tertiary/aromatic N) is 1. The average molecular weight is 363 g/mol. The minimum Gasteiger partial charge on any atom is -0.290 e. The van der Waals surface area contributed by atoms with Crippen molar-refractivity contribution in [3.8, 4) is 11.1 Å². The highest BCUT2D eigenvalue weighted by Gasteiger charge is 2.45. The third-order valence-electron chi connectivity index (χ3n) is 4.51. The van der Waals surface area contributed by atoms with Crippen molar-refractivity contribution in [3.05, 3.63) is 90.5 Å². The molecule has 0 aromatic heterocycles. The fraction of sp³-hybridized carbons (Fsp3) is 0.0952. The molecular formula is C21H17NO3S. The third kappa shape index (κ3) is 2.91. The van der Waals surface area contributed by atoms with Gasteiger partial charge in [0.15, 0.2) is 15.2 Å². The molecule has 1 heterocycles. The zero-order valence-corrected chi connectivity index (χ0v) is 14.8. The largest absolute Gasteiger partial charge is 0.290 e. The van der Waals surface area contributed by atoms with Crippen molar-refractivity contribution in [2.75, 3.05) is 10.7 Å². The van der Waals surface area contributed by atoms with Gasteiger partial charge in [-0.1, -0.05) is 72.8 Å². The Hall–Kier alpha value is -2.92. The van der Waals surface area contributed by atoms with Crippen molar-refractivity contribution in [1.82, 2.24) is 0 Å². The van der Waals surface area contributed by atoms with Crippen LogP contribution in [0.15, 0.2) is 84.9 Å². The Balaban J connectivity index is 1.74. The fourth-order valence-electron chi connectivity index (χ4n) is 3.31. The summed E-state index contributed by atoms with van der Waals surface area (Å²) < 4.78 is 25.2. The number of benzene rings is 3. The second-order valence-corrected chi connectivity index (χ2v) is 8.31. The van der Waals surface area contributed by atoms with Gasteiger partial charge in [0, 0.05) is 5.69 Å². The van der Waals surface area contributed by atoms with Gasteiger partial charge in [-0.25, -0.2) is 8.42 Å². The van der Waals surface area contributed by atoms with E-state index in [1.54, 1.807) is 36.4 Å².